The van der Waals surface area contributed by atoms with Gasteiger partial charge in [0.2, 0.25) is 0 Å². The Hall–Kier alpha value is -1.08. The van der Waals surface area contributed by atoms with Crippen LogP contribution in [0.5, 0.6) is 0 Å². The predicted octanol–water partition coefficient (Wildman–Crippen LogP) is 3.90. The molecule has 1 atom stereocenters. The fourth-order valence-electron chi connectivity index (χ4n) is 1.67. The quantitative estimate of drug-likeness (QED) is 0.450. The summed E-state index contributed by atoms with van der Waals surface area (Å²) in [5.74, 6) is -0.248. The fourth-order valence-corrected chi connectivity index (χ4v) is 3.12. The van der Waals surface area contributed by atoms with Crippen molar-refractivity contribution in [3.8, 4) is 0 Å². The minimum Gasteiger partial charge on any atom is -0.268 e. The van der Waals surface area contributed by atoms with Crippen molar-refractivity contribution in [3.63, 3.8) is 0 Å². The smallest absolute Gasteiger partial charge is 0.268 e. The van der Waals surface area contributed by atoms with Crippen molar-refractivity contribution >= 4 is 51.6 Å². The number of rotatable bonds is 3. The largest absolute Gasteiger partial charge is 0.294 e. The van der Waals surface area contributed by atoms with E-state index >= 15 is 0 Å². The van der Waals surface area contributed by atoms with E-state index in [1.165, 1.54) is 4.90 Å². The number of hydrogen-bond acceptors (Lipinski definition) is 3. The van der Waals surface area contributed by atoms with Crippen LogP contribution in [0.15, 0.2) is 41.8 Å². The first-order valence-corrected chi connectivity index (χ1v) is 7.58. The molecule has 98 valence electrons. The fraction of sp³-hybridized carbons (Fsp3) is 0.143. The molecule has 1 aromatic rings. The van der Waals surface area contributed by atoms with Crippen LogP contribution in [-0.2, 0) is 4.79 Å². The van der Waals surface area contributed by atoms with Gasteiger partial charge in [0.15, 0.2) is 0 Å². The second-order valence-electron chi connectivity index (χ2n) is 4.05. The standard InChI is InChI=1S/C14H12INO2S/c1-3-9(2)16-13(17)12(19-14(16)18)8-10-6-4-5-7-11(10)15/h3-9H,1H2,2H3/b12-8-/t9-/m1/s1. The van der Waals surface area contributed by atoms with Crippen LogP contribution in [0.2, 0.25) is 0 Å². The van der Waals surface area contributed by atoms with E-state index in [1.54, 1.807) is 19.1 Å². The number of benzene rings is 1. The molecule has 2 amide bonds. The average Bonchev–Trinajstić information content (AvgIpc) is 2.66. The number of thioether (sulfide) groups is 1. The Balaban J connectivity index is 2.34. The van der Waals surface area contributed by atoms with Crippen LogP contribution in [0.4, 0.5) is 4.79 Å². The summed E-state index contributed by atoms with van der Waals surface area (Å²) in [6.07, 6.45) is 3.36. The van der Waals surface area contributed by atoms with Crippen LogP contribution in [0.1, 0.15) is 12.5 Å². The van der Waals surface area contributed by atoms with Crippen LogP contribution < -0.4 is 0 Å². The SMILES string of the molecule is C=C[C@@H](C)N1C(=O)S/C(=C\c2ccccc2I)C1=O. The molecule has 0 radical (unpaired) electrons. The highest BCUT2D eigenvalue weighted by atomic mass is 127. The Bertz CT molecular complexity index is 583. The van der Waals surface area contributed by atoms with Crippen molar-refractivity contribution < 1.29 is 9.59 Å². The molecule has 0 spiro atoms. The summed E-state index contributed by atoms with van der Waals surface area (Å²) in [5.41, 5.74) is 0.944. The molecular weight excluding hydrogens is 373 g/mol. The zero-order chi connectivity index (χ0) is 14.0. The summed E-state index contributed by atoms with van der Waals surface area (Å²) in [6.45, 7) is 5.40. The Morgan fingerprint density at radius 2 is 2.05 bits per heavy atom. The van der Waals surface area contributed by atoms with Gasteiger partial charge in [-0.1, -0.05) is 24.3 Å². The van der Waals surface area contributed by atoms with E-state index in [-0.39, 0.29) is 17.2 Å². The number of halogens is 1. The lowest BCUT2D eigenvalue weighted by Gasteiger charge is -2.17. The van der Waals surface area contributed by atoms with Gasteiger partial charge in [-0.3, -0.25) is 14.5 Å². The zero-order valence-electron chi connectivity index (χ0n) is 10.3. The highest BCUT2D eigenvalue weighted by molar-refractivity contribution is 14.1. The summed E-state index contributed by atoms with van der Waals surface area (Å²) in [6, 6.07) is 7.44. The molecule has 1 aromatic carbocycles. The molecule has 1 saturated heterocycles. The van der Waals surface area contributed by atoms with Crippen molar-refractivity contribution in [2.45, 2.75) is 13.0 Å². The van der Waals surface area contributed by atoms with Crippen molar-refractivity contribution in [1.29, 1.82) is 0 Å². The Morgan fingerprint density at radius 1 is 1.37 bits per heavy atom. The first-order valence-electron chi connectivity index (χ1n) is 5.68. The lowest BCUT2D eigenvalue weighted by Crippen LogP contribution is -2.35. The third-order valence-electron chi connectivity index (χ3n) is 2.76. The van der Waals surface area contributed by atoms with E-state index in [2.05, 4.69) is 29.2 Å². The van der Waals surface area contributed by atoms with E-state index in [1.807, 2.05) is 24.3 Å². The Kier molecular flexibility index (Phi) is 4.46. The Morgan fingerprint density at radius 3 is 2.68 bits per heavy atom. The minimum atomic E-state index is -0.284. The second kappa shape index (κ2) is 5.92. The summed E-state index contributed by atoms with van der Waals surface area (Å²) < 4.78 is 1.05. The molecule has 0 saturated carbocycles. The van der Waals surface area contributed by atoms with E-state index in [0.29, 0.717) is 4.91 Å². The lowest BCUT2D eigenvalue weighted by atomic mass is 10.2. The van der Waals surface area contributed by atoms with Gasteiger partial charge in [-0.05, 0) is 59.0 Å². The summed E-state index contributed by atoms with van der Waals surface area (Å²) in [4.78, 5) is 25.7. The maximum absolute atomic E-state index is 12.2. The van der Waals surface area contributed by atoms with E-state index in [9.17, 15) is 9.59 Å². The summed E-state index contributed by atoms with van der Waals surface area (Å²) >= 11 is 3.18. The molecule has 1 fully saturated rings. The first kappa shape index (κ1) is 14.3. The number of amides is 2. The minimum absolute atomic E-state index is 0.241. The monoisotopic (exact) mass is 385 g/mol. The molecule has 1 heterocycles. The average molecular weight is 385 g/mol. The highest BCUT2D eigenvalue weighted by Crippen LogP contribution is 2.34. The molecule has 0 aliphatic carbocycles. The van der Waals surface area contributed by atoms with Crippen LogP contribution in [0.3, 0.4) is 0 Å². The van der Waals surface area contributed by atoms with Gasteiger partial charge in [0.1, 0.15) is 0 Å². The van der Waals surface area contributed by atoms with Gasteiger partial charge in [-0.25, -0.2) is 0 Å². The molecule has 3 nitrogen and oxygen atoms in total. The summed E-state index contributed by atoms with van der Waals surface area (Å²) in [5, 5.41) is -0.241. The van der Waals surface area contributed by atoms with Crippen molar-refractivity contribution in [1.82, 2.24) is 4.90 Å². The van der Waals surface area contributed by atoms with Gasteiger partial charge >= 0.3 is 0 Å². The molecule has 1 aliphatic heterocycles. The zero-order valence-corrected chi connectivity index (χ0v) is 13.3. The molecule has 0 aromatic heterocycles. The first-order chi connectivity index (χ1) is 9.04. The molecule has 0 N–H and O–H groups in total. The lowest BCUT2D eigenvalue weighted by molar-refractivity contribution is -0.123. The van der Waals surface area contributed by atoms with E-state index in [4.69, 9.17) is 0 Å². The maximum Gasteiger partial charge on any atom is 0.294 e. The van der Waals surface area contributed by atoms with Crippen molar-refractivity contribution in [2.24, 2.45) is 0 Å². The maximum atomic E-state index is 12.2. The van der Waals surface area contributed by atoms with Crippen molar-refractivity contribution in [2.75, 3.05) is 0 Å². The van der Waals surface area contributed by atoms with Gasteiger partial charge in [-0.2, -0.15) is 0 Å². The summed E-state index contributed by atoms with van der Waals surface area (Å²) in [7, 11) is 0. The third kappa shape index (κ3) is 2.92. The van der Waals surface area contributed by atoms with Gasteiger partial charge in [0.05, 0.1) is 10.9 Å². The van der Waals surface area contributed by atoms with Gasteiger partial charge in [-0.15, -0.1) is 6.58 Å². The highest BCUT2D eigenvalue weighted by Gasteiger charge is 2.37. The number of imide groups is 1. The third-order valence-corrected chi connectivity index (χ3v) is 4.63. The van der Waals surface area contributed by atoms with Gasteiger partial charge in [0, 0.05) is 3.57 Å². The molecule has 0 bridgehead atoms. The van der Waals surface area contributed by atoms with Crippen LogP contribution >= 0.6 is 34.4 Å². The van der Waals surface area contributed by atoms with E-state index < -0.39 is 0 Å². The number of carbonyl (C=O) groups excluding carboxylic acids is 2. The van der Waals surface area contributed by atoms with Crippen LogP contribution in [-0.4, -0.2) is 22.1 Å². The van der Waals surface area contributed by atoms with Gasteiger partial charge < -0.3 is 0 Å². The predicted molar refractivity (Wildman–Crippen MR) is 86.6 cm³/mol. The molecule has 1 aliphatic rings. The molecule has 2 rings (SSSR count). The topological polar surface area (TPSA) is 37.4 Å². The van der Waals surface area contributed by atoms with Crippen LogP contribution in [0.25, 0.3) is 6.08 Å². The molecular formula is C14H12INO2S. The Labute approximate surface area is 129 Å². The van der Waals surface area contributed by atoms with E-state index in [0.717, 1.165) is 20.9 Å². The number of carbonyl (C=O) groups is 2. The second-order valence-corrected chi connectivity index (χ2v) is 6.20. The molecule has 19 heavy (non-hydrogen) atoms. The van der Waals surface area contributed by atoms with Crippen molar-refractivity contribution in [3.05, 3.63) is 51.0 Å². The van der Waals surface area contributed by atoms with Crippen LogP contribution in [0, 0.1) is 3.57 Å². The normalized spacial score (nSPS) is 19.1. The number of hydrogen-bond donors (Lipinski definition) is 0. The van der Waals surface area contributed by atoms with Gasteiger partial charge in [0.25, 0.3) is 11.1 Å². The molecule has 0 unspecified atom stereocenters. The number of nitrogens with zero attached hydrogens (tertiary/aromatic N) is 1. The molecule has 5 heteroatoms.